The molecule has 3 heteroatoms. The number of rotatable bonds is 4. The van der Waals surface area contributed by atoms with E-state index in [1.807, 2.05) is 31.3 Å². The van der Waals surface area contributed by atoms with Crippen LogP contribution in [0.1, 0.15) is 6.92 Å². The molecule has 0 spiro atoms. The summed E-state index contributed by atoms with van der Waals surface area (Å²) < 4.78 is 0. The molecule has 1 N–H and O–H groups in total. The van der Waals surface area contributed by atoms with Crippen molar-refractivity contribution in [1.29, 1.82) is 0 Å². The highest BCUT2D eigenvalue weighted by atomic mass is 16.1. The lowest BCUT2D eigenvalue weighted by atomic mass is 10.3. The summed E-state index contributed by atoms with van der Waals surface area (Å²) >= 11 is 0. The summed E-state index contributed by atoms with van der Waals surface area (Å²) in [7, 11) is 3.86. The Hall–Kier alpha value is -1.25. The van der Waals surface area contributed by atoms with Crippen LogP contribution in [0, 0.1) is 0 Å². The van der Waals surface area contributed by atoms with Crippen molar-refractivity contribution in [2.45, 2.75) is 6.92 Å². The zero-order valence-electron chi connectivity index (χ0n) is 7.92. The largest absolute Gasteiger partial charge is 0.384 e. The molecular formula is C9H16N2O. The predicted molar refractivity (Wildman–Crippen MR) is 50.7 cm³/mol. The number of amides is 1. The lowest BCUT2D eigenvalue weighted by Crippen LogP contribution is -2.23. The molecule has 0 radical (unpaired) electrons. The van der Waals surface area contributed by atoms with Crippen LogP contribution in [0.15, 0.2) is 24.4 Å². The second kappa shape index (κ2) is 5.41. The average molecular weight is 168 g/mol. The molecule has 1 amide bonds. The van der Waals surface area contributed by atoms with Crippen LogP contribution < -0.4 is 5.32 Å². The molecule has 0 atom stereocenters. The normalized spacial score (nSPS) is 9.92. The van der Waals surface area contributed by atoms with Gasteiger partial charge in [0.25, 0.3) is 0 Å². The summed E-state index contributed by atoms with van der Waals surface area (Å²) in [5, 5.41) is 2.69. The van der Waals surface area contributed by atoms with Gasteiger partial charge in [0.2, 0.25) is 5.91 Å². The first-order valence-electron chi connectivity index (χ1n) is 3.81. The van der Waals surface area contributed by atoms with E-state index in [1.165, 1.54) is 0 Å². The van der Waals surface area contributed by atoms with Crippen LogP contribution in [0.3, 0.4) is 0 Å². The molecule has 0 rings (SSSR count). The van der Waals surface area contributed by atoms with E-state index in [-0.39, 0.29) is 5.91 Å². The summed E-state index contributed by atoms with van der Waals surface area (Å²) in [6.45, 7) is 5.75. The maximum atomic E-state index is 10.9. The molecule has 0 aliphatic rings. The molecule has 0 heterocycles. The predicted octanol–water partition coefficient (Wildman–Crippen LogP) is 0.754. The summed E-state index contributed by atoms with van der Waals surface area (Å²) in [6, 6.07) is 0. The molecule has 0 aromatic heterocycles. The maximum Gasteiger partial charge on any atom is 0.246 e. The van der Waals surface area contributed by atoms with E-state index >= 15 is 0 Å². The highest BCUT2D eigenvalue weighted by Gasteiger charge is 1.96. The summed E-state index contributed by atoms with van der Waals surface area (Å²) in [5.74, 6) is -0.0987. The summed E-state index contributed by atoms with van der Waals surface area (Å²) in [6.07, 6.45) is 3.76. The lowest BCUT2D eigenvalue weighted by Gasteiger charge is -2.04. The molecule has 3 nitrogen and oxygen atoms in total. The van der Waals surface area contributed by atoms with E-state index in [0.29, 0.717) is 12.1 Å². The molecular weight excluding hydrogens is 152 g/mol. The van der Waals surface area contributed by atoms with Crippen LogP contribution in [-0.4, -0.2) is 31.4 Å². The Kier molecular flexibility index (Phi) is 4.84. The molecule has 0 aliphatic carbocycles. The van der Waals surface area contributed by atoms with Crippen molar-refractivity contribution >= 4 is 5.91 Å². The molecule has 0 saturated heterocycles. The average Bonchev–Trinajstić information content (AvgIpc) is 1.97. The van der Waals surface area contributed by atoms with Crippen molar-refractivity contribution in [3.63, 3.8) is 0 Å². The fourth-order valence-corrected chi connectivity index (χ4v) is 0.566. The second-order valence-corrected chi connectivity index (χ2v) is 2.84. The van der Waals surface area contributed by atoms with Gasteiger partial charge >= 0.3 is 0 Å². The fourth-order valence-electron chi connectivity index (χ4n) is 0.566. The van der Waals surface area contributed by atoms with Crippen LogP contribution in [0.2, 0.25) is 0 Å². The first-order chi connectivity index (χ1) is 5.54. The van der Waals surface area contributed by atoms with Crippen LogP contribution in [-0.2, 0) is 4.79 Å². The highest BCUT2D eigenvalue weighted by Crippen LogP contribution is 1.84. The van der Waals surface area contributed by atoms with Gasteiger partial charge in [-0.05, 0) is 19.2 Å². The third kappa shape index (κ3) is 5.53. The van der Waals surface area contributed by atoms with Gasteiger partial charge in [-0.15, -0.1) is 0 Å². The van der Waals surface area contributed by atoms with Gasteiger partial charge in [-0.25, -0.2) is 0 Å². The number of carbonyl (C=O) groups excluding carboxylic acids is 1. The molecule has 12 heavy (non-hydrogen) atoms. The summed E-state index contributed by atoms with van der Waals surface area (Å²) in [4.78, 5) is 12.8. The summed E-state index contributed by atoms with van der Waals surface area (Å²) in [5.41, 5.74) is 0.535. The Balaban J connectivity index is 3.57. The van der Waals surface area contributed by atoms with Crippen molar-refractivity contribution in [1.82, 2.24) is 10.2 Å². The van der Waals surface area contributed by atoms with Gasteiger partial charge < -0.3 is 10.2 Å². The standard InChI is InChI=1S/C9H16N2O/c1-8(2)9(12)10-6-5-7-11(3)4/h5,7H,1,6H2,2-4H3,(H,10,12). The number of hydrogen-bond donors (Lipinski definition) is 1. The van der Waals surface area contributed by atoms with E-state index in [9.17, 15) is 4.79 Å². The molecule has 0 unspecified atom stereocenters. The van der Waals surface area contributed by atoms with Crippen molar-refractivity contribution < 1.29 is 4.79 Å². The minimum Gasteiger partial charge on any atom is -0.384 e. The van der Waals surface area contributed by atoms with Crippen molar-refractivity contribution in [3.8, 4) is 0 Å². The van der Waals surface area contributed by atoms with Crippen molar-refractivity contribution in [3.05, 3.63) is 24.4 Å². The maximum absolute atomic E-state index is 10.9. The van der Waals surface area contributed by atoms with Crippen LogP contribution in [0.25, 0.3) is 0 Å². The second-order valence-electron chi connectivity index (χ2n) is 2.84. The minimum absolute atomic E-state index is 0.0987. The van der Waals surface area contributed by atoms with Crippen LogP contribution >= 0.6 is 0 Å². The van der Waals surface area contributed by atoms with Crippen LogP contribution in [0.4, 0.5) is 0 Å². The number of hydrogen-bond acceptors (Lipinski definition) is 2. The Morgan fingerprint density at radius 1 is 1.58 bits per heavy atom. The van der Waals surface area contributed by atoms with Gasteiger partial charge in [-0.2, -0.15) is 0 Å². The third-order valence-electron chi connectivity index (χ3n) is 1.17. The zero-order valence-corrected chi connectivity index (χ0v) is 7.92. The molecule has 0 aliphatic heterocycles. The van der Waals surface area contributed by atoms with Crippen LogP contribution in [0.5, 0.6) is 0 Å². The SMILES string of the molecule is C=C(C)C(=O)NCC=CN(C)C. The number of carbonyl (C=O) groups is 1. The molecule has 0 saturated carbocycles. The van der Waals surface area contributed by atoms with Crippen molar-refractivity contribution in [2.75, 3.05) is 20.6 Å². The molecule has 0 aromatic rings. The Bertz CT molecular complexity index is 195. The fraction of sp³-hybridized carbons (Fsp3) is 0.444. The van der Waals surface area contributed by atoms with Gasteiger partial charge in [0.15, 0.2) is 0 Å². The third-order valence-corrected chi connectivity index (χ3v) is 1.17. The first-order valence-corrected chi connectivity index (χ1v) is 3.81. The van der Waals surface area contributed by atoms with Gasteiger partial charge in [-0.3, -0.25) is 4.79 Å². The van der Waals surface area contributed by atoms with Gasteiger partial charge in [0, 0.05) is 26.2 Å². The smallest absolute Gasteiger partial charge is 0.246 e. The Labute approximate surface area is 73.8 Å². The number of nitrogens with one attached hydrogen (secondary N) is 1. The Morgan fingerprint density at radius 3 is 2.58 bits per heavy atom. The van der Waals surface area contributed by atoms with E-state index in [1.54, 1.807) is 6.92 Å². The first kappa shape index (κ1) is 10.8. The number of nitrogens with zero attached hydrogens (tertiary/aromatic N) is 1. The van der Waals surface area contributed by atoms with Crippen molar-refractivity contribution in [2.24, 2.45) is 0 Å². The van der Waals surface area contributed by atoms with E-state index in [2.05, 4.69) is 11.9 Å². The zero-order chi connectivity index (χ0) is 9.56. The van der Waals surface area contributed by atoms with Gasteiger partial charge in [-0.1, -0.05) is 6.58 Å². The van der Waals surface area contributed by atoms with E-state index < -0.39 is 0 Å². The topological polar surface area (TPSA) is 32.3 Å². The van der Waals surface area contributed by atoms with Gasteiger partial charge in [0.05, 0.1) is 0 Å². The van der Waals surface area contributed by atoms with E-state index in [4.69, 9.17) is 0 Å². The Morgan fingerprint density at radius 2 is 2.17 bits per heavy atom. The monoisotopic (exact) mass is 168 g/mol. The van der Waals surface area contributed by atoms with Gasteiger partial charge in [0.1, 0.15) is 0 Å². The molecule has 0 aromatic carbocycles. The highest BCUT2D eigenvalue weighted by molar-refractivity contribution is 5.92. The molecule has 0 bridgehead atoms. The lowest BCUT2D eigenvalue weighted by molar-refractivity contribution is -0.117. The van der Waals surface area contributed by atoms with E-state index in [0.717, 1.165) is 0 Å². The quantitative estimate of drug-likeness (QED) is 0.628. The molecule has 0 fully saturated rings. The molecule has 68 valence electrons. The minimum atomic E-state index is -0.0987.